The van der Waals surface area contributed by atoms with E-state index in [4.69, 9.17) is 10.2 Å². The van der Waals surface area contributed by atoms with Crippen molar-refractivity contribution in [3.8, 4) is 0 Å². The number of hydrogen-bond acceptors (Lipinski definition) is 5. The Kier molecular flexibility index (Phi) is 9.11. The Morgan fingerprint density at radius 2 is 1.90 bits per heavy atom. The SMILES string of the molecule is COC(=O)CC[C@H](NC(=O)N(CCCO)C(C)C)C(=O)O. The summed E-state index contributed by atoms with van der Waals surface area (Å²) in [4.78, 5) is 35.7. The molecule has 0 aromatic carbocycles. The zero-order valence-corrected chi connectivity index (χ0v) is 12.7. The smallest absolute Gasteiger partial charge is 0.326 e. The van der Waals surface area contributed by atoms with Crippen LogP contribution in [0.5, 0.6) is 0 Å². The zero-order valence-electron chi connectivity index (χ0n) is 12.7. The number of aliphatic carboxylic acids is 1. The van der Waals surface area contributed by atoms with E-state index in [0.717, 1.165) is 0 Å². The molecular weight excluding hydrogens is 280 g/mol. The summed E-state index contributed by atoms with van der Waals surface area (Å²) in [7, 11) is 1.21. The number of urea groups is 1. The van der Waals surface area contributed by atoms with Crippen molar-refractivity contribution in [3.63, 3.8) is 0 Å². The Morgan fingerprint density at radius 3 is 2.33 bits per heavy atom. The first kappa shape index (κ1) is 19.2. The van der Waals surface area contributed by atoms with Gasteiger partial charge in [-0.15, -0.1) is 0 Å². The standard InChI is InChI=1S/C13H24N2O6/c1-9(2)15(7-4-8-16)13(20)14-10(12(18)19)5-6-11(17)21-3/h9-10,16H,4-8H2,1-3H3,(H,14,20)(H,18,19)/t10-/m0/s1. The third-order valence-electron chi connectivity index (χ3n) is 2.90. The van der Waals surface area contributed by atoms with Crippen LogP contribution < -0.4 is 5.32 Å². The van der Waals surface area contributed by atoms with Crippen LogP contribution in [0.2, 0.25) is 0 Å². The summed E-state index contributed by atoms with van der Waals surface area (Å²) in [6.07, 6.45) is 0.275. The maximum atomic E-state index is 12.1. The van der Waals surface area contributed by atoms with Gasteiger partial charge in [0, 0.05) is 25.6 Å². The second-order valence-electron chi connectivity index (χ2n) is 4.82. The minimum atomic E-state index is -1.21. The lowest BCUT2D eigenvalue weighted by Gasteiger charge is -2.28. The molecule has 0 radical (unpaired) electrons. The normalized spacial score (nSPS) is 11.9. The lowest BCUT2D eigenvalue weighted by atomic mass is 10.1. The maximum absolute atomic E-state index is 12.1. The van der Waals surface area contributed by atoms with E-state index in [1.165, 1.54) is 12.0 Å². The Morgan fingerprint density at radius 1 is 1.29 bits per heavy atom. The third-order valence-corrected chi connectivity index (χ3v) is 2.90. The number of carboxylic acids is 1. The number of carbonyl (C=O) groups excluding carboxylic acids is 2. The first-order chi connectivity index (χ1) is 9.83. The highest BCUT2D eigenvalue weighted by atomic mass is 16.5. The lowest BCUT2D eigenvalue weighted by Crippen LogP contribution is -2.50. The molecule has 0 spiro atoms. The van der Waals surface area contributed by atoms with Gasteiger partial charge in [0.15, 0.2) is 0 Å². The monoisotopic (exact) mass is 304 g/mol. The first-order valence-electron chi connectivity index (χ1n) is 6.81. The average Bonchev–Trinajstić information content (AvgIpc) is 2.42. The Hall–Kier alpha value is -1.83. The predicted octanol–water partition coefficient (Wildman–Crippen LogP) is 0.195. The molecule has 0 aliphatic rings. The largest absolute Gasteiger partial charge is 0.480 e. The molecule has 122 valence electrons. The van der Waals surface area contributed by atoms with E-state index in [-0.39, 0.29) is 25.5 Å². The Balaban J connectivity index is 4.62. The highest BCUT2D eigenvalue weighted by molar-refractivity contribution is 5.83. The van der Waals surface area contributed by atoms with Crippen molar-refractivity contribution in [3.05, 3.63) is 0 Å². The highest BCUT2D eigenvalue weighted by Crippen LogP contribution is 2.04. The van der Waals surface area contributed by atoms with E-state index in [0.29, 0.717) is 13.0 Å². The zero-order chi connectivity index (χ0) is 16.4. The molecule has 0 fully saturated rings. The number of ether oxygens (including phenoxy) is 1. The van der Waals surface area contributed by atoms with Gasteiger partial charge >= 0.3 is 18.0 Å². The number of rotatable bonds is 9. The number of aliphatic hydroxyl groups excluding tert-OH is 1. The summed E-state index contributed by atoms with van der Waals surface area (Å²) < 4.78 is 4.44. The minimum absolute atomic E-state index is 0.0420. The fourth-order valence-electron chi connectivity index (χ4n) is 1.69. The van der Waals surface area contributed by atoms with Crippen LogP contribution in [0, 0.1) is 0 Å². The number of methoxy groups -OCH3 is 1. The van der Waals surface area contributed by atoms with Crippen LogP contribution in [0.15, 0.2) is 0 Å². The molecule has 0 aromatic heterocycles. The number of aliphatic hydroxyl groups is 1. The molecule has 21 heavy (non-hydrogen) atoms. The van der Waals surface area contributed by atoms with Gasteiger partial charge < -0.3 is 25.2 Å². The molecular formula is C13H24N2O6. The van der Waals surface area contributed by atoms with Crippen molar-refractivity contribution in [2.45, 2.75) is 45.2 Å². The van der Waals surface area contributed by atoms with Crippen LogP contribution >= 0.6 is 0 Å². The van der Waals surface area contributed by atoms with E-state index in [2.05, 4.69) is 10.1 Å². The number of esters is 1. The summed E-state index contributed by atoms with van der Waals surface area (Å²) in [6, 6.07) is -1.82. The van der Waals surface area contributed by atoms with E-state index in [1.54, 1.807) is 13.8 Å². The molecule has 0 saturated carbocycles. The average molecular weight is 304 g/mol. The fourth-order valence-corrected chi connectivity index (χ4v) is 1.69. The number of carboxylic acid groups (broad SMARTS) is 1. The first-order valence-corrected chi connectivity index (χ1v) is 6.81. The van der Waals surface area contributed by atoms with Crippen LogP contribution in [0.1, 0.15) is 33.1 Å². The molecule has 8 heteroatoms. The number of nitrogens with one attached hydrogen (secondary N) is 1. The summed E-state index contributed by atoms with van der Waals surface area (Å²) in [5.41, 5.74) is 0. The molecule has 1 atom stereocenters. The van der Waals surface area contributed by atoms with Crippen molar-refractivity contribution < 1.29 is 29.3 Å². The van der Waals surface area contributed by atoms with Gasteiger partial charge in [-0.25, -0.2) is 9.59 Å². The number of amides is 2. The van der Waals surface area contributed by atoms with Crippen molar-refractivity contribution in [1.82, 2.24) is 10.2 Å². The Labute approximate surface area is 124 Å². The van der Waals surface area contributed by atoms with Crippen LogP contribution in [0.3, 0.4) is 0 Å². The van der Waals surface area contributed by atoms with Crippen molar-refractivity contribution in [1.29, 1.82) is 0 Å². The molecule has 8 nitrogen and oxygen atoms in total. The van der Waals surface area contributed by atoms with Gasteiger partial charge in [-0.2, -0.15) is 0 Å². The van der Waals surface area contributed by atoms with Crippen LogP contribution in [-0.2, 0) is 14.3 Å². The molecule has 0 unspecified atom stereocenters. The van der Waals surface area contributed by atoms with Crippen LogP contribution in [-0.4, -0.2) is 65.4 Å². The van der Waals surface area contributed by atoms with Crippen molar-refractivity contribution >= 4 is 18.0 Å². The summed E-state index contributed by atoms with van der Waals surface area (Å²) in [5.74, 6) is -1.74. The molecule has 0 saturated heterocycles. The van der Waals surface area contributed by atoms with Gasteiger partial charge in [-0.3, -0.25) is 4.79 Å². The molecule has 3 N–H and O–H groups in total. The highest BCUT2D eigenvalue weighted by Gasteiger charge is 2.25. The van der Waals surface area contributed by atoms with Crippen molar-refractivity contribution in [2.75, 3.05) is 20.3 Å². The van der Waals surface area contributed by atoms with E-state index < -0.39 is 24.0 Å². The summed E-state index contributed by atoms with van der Waals surface area (Å²) >= 11 is 0. The number of hydrogen-bond donors (Lipinski definition) is 3. The van der Waals surface area contributed by atoms with Gasteiger partial charge in [-0.05, 0) is 26.7 Å². The number of nitrogens with zero attached hydrogens (tertiary/aromatic N) is 1. The minimum Gasteiger partial charge on any atom is -0.480 e. The molecule has 0 aliphatic carbocycles. The second kappa shape index (κ2) is 9.98. The summed E-state index contributed by atoms with van der Waals surface area (Å²) in [6.45, 7) is 3.85. The topological polar surface area (TPSA) is 116 Å². The maximum Gasteiger partial charge on any atom is 0.326 e. The van der Waals surface area contributed by atoms with Gasteiger partial charge in [-0.1, -0.05) is 0 Å². The lowest BCUT2D eigenvalue weighted by molar-refractivity contribution is -0.142. The molecule has 0 aromatic rings. The van der Waals surface area contributed by atoms with Gasteiger partial charge in [0.25, 0.3) is 0 Å². The van der Waals surface area contributed by atoms with E-state index >= 15 is 0 Å². The predicted molar refractivity (Wildman–Crippen MR) is 74.8 cm³/mol. The fraction of sp³-hybridized carbons (Fsp3) is 0.769. The quantitative estimate of drug-likeness (QED) is 0.524. The molecule has 2 amide bonds. The van der Waals surface area contributed by atoms with Gasteiger partial charge in [0.1, 0.15) is 6.04 Å². The van der Waals surface area contributed by atoms with Crippen molar-refractivity contribution in [2.24, 2.45) is 0 Å². The molecule has 0 aliphatic heterocycles. The number of carbonyl (C=O) groups is 3. The third kappa shape index (κ3) is 7.50. The van der Waals surface area contributed by atoms with E-state index in [1.807, 2.05) is 0 Å². The molecule has 0 heterocycles. The van der Waals surface area contributed by atoms with E-state index in [9.17, 15) is 14.4 Å². The Bertz CT molecular complexity index is 359. The van der Waals surface area contributed by atoms with Crippen LogP contribution in [0.25, 0.3) is 0 Å². The van der Waals surface area contributed by atoms with Crippen LogP contribution in [0.4, 0.5) is 4.79 Å². The van der Waals surface area contributed by atoms with Gasteiger partial charge in [0.05, 0.1) is 7.11 Å². The second-order valence-corrected chi connectivity index (χ2v) is 4.82. The van der Waals surface area contributed by atoms with Gasteiger partial charge in [0.2, 0.25) is 0 Å². The molecule has 0 bridgehead atoms. The molecule has 0 rings (SSSR count). The summed E-state index contributed by atoms with van der Waals surface area (Å²) in [5, 5.41) is 20.3.